The summed E-state index contributed by atoms with van der Waals surface area (Å²) in [7, 11) is 0. The van der Waals surface area contributed by atoms with E-state index in [0.717, 1.165) is 0 Å². The molecule has 5 heteroatoms. The van der Waals surface area contributed by atoms with Gasteiger partial charge in [0.2, 0.25) is 11.6 Å². The predicted octanol–water partition coefficient (Wildman–Crippen LogP) is 2.77. The predicted molar refractivity (Wildman–Crippen MR) is 78.5 cm³/mol. The minimum absolute atomic E-state index is 0.118. The highest BCUT2D eigenvalue weighted by Crippen LogP contribution is 2.25. The minimum Gasteiger partial charge on any atom is -0.461 e. The average Bonchev–Trinajstić information content (AvgIpc) is 3.07. The fraction of sp³-hybridized carbons (Fsp3) is 0.235. The van der Waals surface area contributed by atoms with Gasteiger partial charge in [-0.3, -0.25) is 9.59 Å². The van der Waals surface area contributed by atoms with Gasteiger partial charge in [-0.15, -0.1) is 0 Å². The van der Waals surface area contributed by atoms with Crippen LogP contribution in [0.5, 0.6) is 0 Å². The molecule has 1 aromatic carbocycles. The Hall–Kier alpha value is -2.69. The number of hydrogen-bond acceptors (Lipinski definition) is 5. The van der Waals surface area contributed by atoms with Crippen LogP contribution in [0.2, 0.25) is 0 Å². The van der Waals surface area contributed by atoms with Crippen LogP contribution in [0.1, 0.15) is 35.4 Å². The van der Waals surface area contributed by atoms with Crippen LogP contribution >= 0.6 is 0 Å². The van der Waals surface area contributed by atoms with Crippen LogP contribution in [0.15, 0.2) is 53.1 Å². The van der Waals surface area contributed by atoms with Gasteiger partial charge in [0, 0.05) is 6.42 Å². The lowest BCUT2D eigenvalue weighted by Crippen LogP contribution is -2.23. The smallest absolute Gasteiger partial charge is 0.374 e. The molecule has 0 aliphatic carbocycles. The van der Waals surface area contributed by atoms with Gasteiger partial charge in [0.15, 0.2) is 5.76 Å². The van der Waals surface area contributed by atoms with E-state index in [2.05, 4.69) is 4.74 Å². The zero-order valence-electron chi connectivity index (χ0n) is 12.2. The van der Waals surface area contributed by atoms with E-state index in [1.165, 1.54) is 12.3 Å². The fourth-order valence-corrected chi connectivity index (χ4v) is 2.12. The summed E-state index contributed by atoms with van der Waals surface area (Å²) in [6, 6.07) is 12.0. The third-order valence-electron chi connectivity index (χ3n) is 3.18. The van der Waals surface area contributed by atoms with Crippen molar-refractivity contribution in [1.29, 1.82) is 0 Å². The van der Waals surface area contributed by atoms with Crippen molar-refractivity contribution in [3.8, 4) is 0 Å². The van der Waals surface area contributed by atoms with Crippen molar-refractivity contribution in [3.05, 3.63) is 60.1 Å². The molecule has 0 amide bonds. The van der Waals surface area contributed by atoms with Crippen molar-refractivity contribution in [2.24, 2.45) is 0 Å². The Kier molecular flexibility index (Phi) is 5.25. The molecule has 1 aromatic heterocycles. The van der Waals surface area contributed by atoms with Crippen LogP contribution in [-0.4, -0.2) is 24.1 Å². The highest BCUT2D eigenvalue weighted by molar-refractivity contribution is 6.34. The summed E-state index contributed by atoms with van der Waals surface area (Å²) in [5, 5.41) is 0. The molecule has 0 saturated carbocycles. The SMILES string of the molecule is CCOC(=O)C(=O)C[C@@H](C(=O)c1ccco1)c1ccccc1. The molecule has 2 rings (SSSR count). The molecule has 0 bridgehead atoms. The van der Waals surface area contributed by atoms with E-state index in [1.54, 1.807) is 37.3 Å². The molecule has 22 heavy (non-hydrogen) atoms. The van der Waals surface area contributed by atoms with E-state index in [1.807, 2.05) is 6.07 Å². The number of carbonyl (C=O) groups is 3. The lowest BCUT2D eigenvalue weighted by Gasteiger charge is -2.14. The van der Waals surface area contributed by atoms with Crippen LogP contribution in [0, 0.1) is 0 Å². The lowest BCUT2D eigenvalue weighted by molar-refractivity contribution is -0.153. The Balaban J connectivity index is 2.25. The standard InChI is InChI=1S/C17H16O5/c1-2-21-17(20)14(18)11-13(12-7-4-3-5-8-12)16(19)15-9-6-10-22-15/h3-10,13H,2,11H2,1H3/t13-/m1/s1. The van der Waals surface area contributed by atoms with Crippen LogP contribution in [-0.2, 0) is 14.3 Å². The van der Waals surface area contributed by atoms with Gasteiger partial charge in [-0.25, -0.2) is 4.79 Å². The number of furan rings is 1. The third-order valence-corrected chi connectivity index (χ3v) is 3.18. The van der Waals surface area contributed by atoms with Crippen LogP contribution in [0.4, 0.5) is 0 Å². The van der Waals surface area contributed by atoms with Gasteiger partial charge >= 0.3 is 5.97 Å². The number of rotatable bonds is 7. The first-order valence-electron chi connectivity index (χ1n) is 6.96. The molecule has 0 radical (unpaired) electrons. The second-order valence-corrected chi connectivity index (χ2v) is 4.65. The molecule has 2 aromatic rings. The van der Waals surface area contributed by atoms with Crippen LogP contribution in [0.25, 0.3) is 0 Å². The molecule has 114 valence electrons. The Morgan fingerprint density at radius 3 is 2.41 bits per heavy atom. The summed E-state index contributed by atoms with van der Waals surface area (Å²) < 4.78 is 9.80. The Morgan fingerprint density at radius 2 is 1.82 bits per heavy atom. The Labute approximate surface area is 127 Å². The number of ether oxygens (including phenoxy) is 1. The molecular weight excluding hydrogens is 284 g/mol. The van der Waals surface area contributed by atoms with Crippen molar-refractivity contribution in [3.63, 3.8) is 0 Å². The molecule has 0 N–H and O–H groups in total. The maximum atomic E-state index is 12.5. The van der Waals surface area contributed by atoms with Gasteiger partial charge in [0.05, 0.1) is 18.8 Å². The van der Waals surface area contributed by atoms with Gasteiger partial charge in [-0.1, -0.05) is 30.3 Å². The number of esters is 1. The molecule has 0 aliphatic rings. The van der Waals surface area contributed by atoms with E-state index < -0.39 is 17.7 Å². The Bertz CT molecular complexity index is 643. The molecule has 1 heterocycles. The summed E-state index contributed by atoms with van der Waals surface area (Å²) in [6.45, 7) is 1.74. The minimum atomic E-state index is -0.921. The highest BCUT2D eigenvalue weighted by atomic mass is 16.5. The Morgan fingerprint density at radius 1 is 1.09 bits per heavy atom. The van der Waals surface area contributed by atoms with E-state index in [0.29, 0.717) is 5.56 Å². The zero-order chi connectivity index (χ0) is 15.9. The molecule has 0 fully saturated rings. The lowest BCUT2D eigenvalue weighted by atomic mass is 9.89. The first-order valence-corrected chi connectivity index (χ1v) is 6.96. The van der Waals surface area contributed by atoms with E-state index in [4.69, 9.17) is 4.42 Å². The van der Waals surface area contributed by atoms with Gasteiger partial charge in [0.25, 0.3) is 0 Å². The maximum Gasteiger partial charge on any atom is 0.374 e. The number of carbonyl (C=O) groups excluding carboxylic acids is 3. The summed E-state index contributed by atoms with van der Waals surface area (Å²) in [5.74, 6) is -2.60. The molecule has 0 spiro atoms. The molecule has 0 saturated heterocycles. The highest BCUT2D eigenvalue weighted by Gasteiger charge is 2.29. The fourth-order valence-electron chi connectivity index (χ4n) is 2.12. The summed E-state index contributed by atoms with van der Waals surface area (Å²) in [6.07, 6.45) is 1.14. The molecule has 1 atom stereocenters. The monoisotopic (exact) mass is 300 g/mol. The quantitative estimate of drug-likeness (QED) is 0.446. The summed E-state index contributed by atoms with van der Waals surface area (Å²) >= 11 is 0. The van der Waals surface area contributed by atoms with E-state index in [-0.39, 0.29) is 24.6 Å². The van der Waals surface area contributed by atoms with Crippen molar-refractivity contribution in [1.82, 2.24) is 0 Å². The van der Waals surface area contributed by atoms with Crippen molar-refractivity contribution in [2.75, 3.05) is 6.61 Å². The van der Waals surface area contributed by atoms with Crippen LogP contribution in [0.3, 0.4) is 0 Å². The van der Waals surface area contributed by atoms with Gasteiger partial charge in [0.1, 0.15) is 0 Å². The third kappa shape index (κ3) is 3.69. The first-order chi connectivity index (χ1) is 10.6. The topological polar surface area (TPSA) is 73.6 Å². The second kappa shape index (κ2) is 7.36. The zero-order valence-corrected chi connectivity index (χ0v) is 12.2. The molecule has 5 nitrogen and oxygen atoms in total. The first kappa shape index (κ1) is 15.7. The number of ketones is 2. The normalized spacial score (nSPS) is 11.7. The van der Waals surface area contributed by atoms with Crippen molar-refractivity contribution in [2.45, 2.75) is 19.3 Å². The average molecular weight is 300 g/mol. The van der Waals surface area contributed by atoms with Gasteiger partial charge in [-0.05, 0) is 24.6 Å². The van der Waals surface area contributed by atoms with Gasteiger partial charge in [-0.2, -0.15) is 0 Å². The molecule has 0 aliphatic heterocycles. The molecular formula is C17H16O5. The summed E-state index contributed by atoms with van der Waals surface area (Å²) in [5.41, 5.74) is 0.654. The maximum absolute atomic E-state index is 12.5. The second-order valence-electron chi connectivity index (χ2n) is 4.65. The number of benzene rings is 1. The van der Waals surface area contributed by atoms with Crippen molar-refractivity contribution >= 4 is 17.5 Å². The largest absolute Gasteiger partial charge is 0.461 e. The van der Waals surface area contributed by atoms with E-state index in [9.17, 15) is 14.4 Å². The van der Waals surface area contributed by atoms with Crippen molar-refractivity contribution < 1.29 is 23.5 Å². The molecule has 0 unspecified atom stereocenters. The number of Topliss-reactive ketones (excluding diaryl/α,β-unsaturated/α-hetero) is 2. The summed E-state index contributed by atoms with van der Waals surface area (Å²) in [4.78, 5) is 36.0. The number of hydrogen-bond donors (Lipinski definition) is 0. The van der Waals surface area contributed by atoms with Crippen LogP contribution < -0.4 is 0 Å². The van der Waals surface area contributed by atoms with E-state index >= 15 is 0 Å². The van der Waals surface area contributed by atoms with Gasteiger partial charge < -0.3 is 9.15 Å².